The zero-order valence-electron chi connectivity index (χ0n) is 9.97. The summed E-state index contributed by atoms with van der Waals surface area (Å²) in [7, 11) is 0. The van der Waals surface area contributed by atoms with E-state index in [0.29, 0.717) is 18.7 Å². The van der Waals surface area contributed by atoms with Gasteiger partial charge in [-0.25, -0.2) is 0 Å². The number of hydrogen-bond donors (Lipinski definition) is 1. The van der Waals surface area contributed by atoms with Crippen LogP contribution in [0.5, 0.6) is 0 Å². The quantitative estimate of drug-likeness (QED) is 0.598. The van der Waals surface area contributed by atoms with Gasteiger partial charge in [0.05, 0.1) is 0 Å². The van der Waals surface area contributed by atoms with Gasteiger partial charge in [0.1, 0.15) is 5.78 Å². The summed E-state index contributed by atoms with van der Waals surface area (Å²) in [5, 5.41) is 2.72. The molecule has 1 N–H and O–H groups in total. The van der Waals surface area contributed by atoms with Crippen molar-refractivity contribution in [2.75, 3.05) is 6.54 Å². The second kappa shape index (κ2) is 9.69. The van der Waals surface area contributed by atoms with Crippen molar-refractivity contribution in [1.82, 2.24) is 5.32 Å². The molecule has 0 unspecified atom stereocenters. The summed E-state index contributed by atoms with van der Waals surface area (Å²) in [5.74, 6) is 0.371. The number of ketones is 1. The molecule has 0 aliphatic carbocycles. The first kappa shape index (κ1) is 14.1. The van der Waals surface area contributed by atoms with Crippen LogP contribution >= 0.6 is 0 Å². The highest BCUT2D eigenvalue weighted by molar-refractivity contribution is 5.78. The third kappa shape index (κ3) is 11.1. The molecule has 0 aromatic carbocycles. The molecule has 1 amide bonds. The highest BCUT2D eigenvalue weighted by Gasteiger charge is 2.01. The van der Waals surface area contributed by atoms with Crippen LogP contribution in [-0.2, 0) is 9.59 Å². The molecule has 0 radical (unpaired) electrons. The van der Waals surface area contributed by atoms with Gasteiger partial charge in [0.15, 0.2) is 0 Å². The van der Waals surface area contributed by atoms with Crippen LogP contribution in [0.3, 0.4) is 0 Å². The van der Waals surface area contributed by atoms with Crippen molar-refractivity contribution in [2.45, 2.75) is 58.8 Å². The van der Waals surface area contributed by atoms with Crippen molar-refractivity contribution in [1.29, 1.82) is 0 Å². The number of rotatable bonds is 9. The molecule has 0 heterocycles. The molecular weight excluding hydrogens is 190 g/mol. The monoisotopic (exact) mass is 213 g/mol. The van der Waals surface area contributed by atoms with Crippen molar-refractivity contribution < 1.29 is 9.59 Å². The Bertz CT molecular complexity index is 190. The lowest BCUT2D eigenvalue weighted by atomic mass is 10.1. The molecule has 15 heavy (non-hydrogen) atoms. The second-order valence-corrected chi connectivity index (χ2v) is 3.94. The molecule has 3 heteroatoms. The molecule has 0 aromatic heterocycles. The van der Waals surface area contributed by atoms with E-state index in [9.17, 15) is 9.59 Å². The van der Waals surface area contributed by atoms with E-state index >= 15 is 0 Å². The van der Waals surface area contributed by atoms with Gasteiger partial charge >= 0.3 is 0 Å². The average Bonchev–Trinajstić information content (AvgIpc) is 2.17. The fourth-order valence-electron chi connectivity index (χ4n) is 1.41. The number of Topliss-reactive ketones (excluding diaryl/α,β-unsaturated/α-hetero) is 1. The third-order valence-electron chi connectivity index (χ3n) is 2.32. The van der Waals surface area contributed by atoms with E-state index in [2.05, 4.69) is 12.2 Å². The van der Waals surface area contributed by atoms with Crippen molar-refractivity contribution in [2.24, 2.45) is 0 Å². The molecule has 0 saturated carbocycles. The lowest BCUT2D eigenvalue weighted by Crippen LogP contribution is -2.20. The molecule has 0 atom stereocenters. The molecule has 0 bridgehead atoms. The smallest absolute Gasteiger partial charge is 0.216 e. The topological polar surface area (TPSA) is 46.2 Å². The first-order valence-corrected chi connectivity index (χ1v) is 5.93. The molecule has 0 fully saturated rings. The Morgan fingerprint density at radius 2 is 1.60 bits per heavy atom. The summed E-state index contributed by atoms with van der Waals surface area (Å²) in [6, 6.07) is 0. The van der Waals surface area contributed by atoms with Gasteiger partial charge in [0, 0.05) is 26.3 Å². The molecule has 88 valence electrons. The molecule has 3 nitrogen and oxygen atoms in total. The van der Waals surface area contributed by atoms with Crippen LogP contribution < -0.4 is 5.32 Å². The predicted octanol–water partition coefficient (Wildman–Crippen LogP) is 2.44. The molecule has 0 aliphatic heterocycles. The second-order valence-electron chi connectivity index (χ2n) is 3.94. The Kier molecular flexibility index (Phi) is 9.13. The first-order chi connectivity index (χ1) is 7.16. The first-order valence-electron chi connectivity index (χ1n) is 5.93. The van der Waals surface area contributed by atoms with E-state index in [-0.39, 0.29) is 5.91 Å². The van der Waals surface area contributed by atoms with Gasteiger partial charge in [0.25, 0.3) is 0 Å². The molecule has 0 saturated heterocycles. The van der Waals surface area contributed by atoms with Crippen LogP contribution in [0.15, 0.2) is 0 Å². The number of nitrogens with one attached hydrogen (secondary N) is 1. The SMILES string of the molecule is CCCCCC(=O)CCCCNC(C)=O. The minimum Gasteiger partial charge on any atom is -0.356 e. The molecular formula is C12H23NO2. The van der Waals surface area contributed by atoms with Crippen LogP contribution in [0.4, 0.5) is 0 Å². The van der Waals surface area contributed by atoms with E-state index in [1.807, 2.05) is 0 Å². The Labute approximate surface area is 92.6 Å². The van der Waals surface area contributed by atoms with Gasteiger partial charge < -0.3 is 5.32 Å². The van der Waals surface area contributed by atoms with Gasteiger partial charge in [-0.05, 0) is 19.3 Å². The maximum absolute atomic E-state index is 11.3. The molecule has 0 rings (SSSR count). The number of carbonyl (C=O) groups is 2. The van der Waals surface area contributed by atoms with Gasteiger partial charge in [0.2, 0.25) is 5.91 Å². The Hall–Kier alpha value is -0.860. The Balaban J connectivity index is 3.20. The Morgan fingerprint density at radius 3 is 2.13 bits per heavy atom. The van der Waals surface area contributed by atoms with Crippen LogP contribution in [-0.4, -0.2) is 18.2 Å². The van der Waals surface area contributed by atoms with E-state index in [1.54, 1.807) is 0 Å². The number of unbranched alkanes of at least 4 members (excludes halogenated alkanes) is 3. The van der Waals surface area contributed by atoms with E-state index in [0.717, 1.165) is 38.5 Å². The highest BCUT2D eigenvalue weighted by atomic mass is 16.1. The van der Waals surface area contributed by atoms with Gasteiger partial charge in [-0.2, -0.15) is 0 Å². The van der Waals surface area contributed by atoms with E-state index in [4.69, 9.17) is 0 Å². The van der Waals surface area contributed by atoms with Crippen LogP contribution in [0.1, 0.15) is 58.8 Å². The zero-order valence-corrected chi connectivity index (χ0v) is 9.97. The summed E-state index contributed by atoms with van der Waals surface area (Å²) >= 11 is 0. The largest absolute Gasteiger partial charge is 0.356 e. The summed E-state index contributed by atoms with van der Waals surface area (Å²) in [5.41, 5.74) is 0. The van der Waals surface area contributed by atoms with Gasteiger partial charge in [-0.15, -0.1) is 0 Å². The van der Waals surface area contributed by atoms with Crippen molar-refractivity contribution >= 4 is 11.7 Å². The fourth-order valence-corrected chi connectivity index (χ4v) is 1.41. The normalized spacial score (nSPS) is 10.0. The van der Waals surface area contributed by atoms with Crippen molar-refractivity contribution in [3.05, 3.63) is 0 Å². The van der Waals surface area contributed by atoms with Crippen LogP contribution in [0.25, 0.3) is 0 Å². The maximum atomic E-state index is 11.3. The molecule has 0 aliphatic rings. The zero-order chi connectivity index (χ0) is 11.5. The fraction of sp³-hybridized carbons (Fsp3) is 0.833. The van der Waals surface area contributed by atoms with Crippen molar-refractivity contribution in [3.63, 3.8) is 0 Å². The average molecular weight is 213 g/mol. The van der Waals surface area contributed by atoms with E-state index in [1.165, 1.54) is 6.92 Å². The van der Waals surface area contributed by atoms with Crippen LogP contribution in [0.2, 0.25) is 0 Å². The van der Waals surface area contributed by atoms with Crippen LogP contribution in [0, 0.1) is 0 Å². The van der Waals surface area contributed by atoms with Gasteiger partial charge in [-0.1, -0.05) is 19.8 Å². The van der Waals surface area contributed by atoms with E-state index < -0.39 is 0 Å². The highest BCUT2D eigenvalue weighted by Crippen LogP contribution is 2.04. The summed E-state index contributed by atoms with van der Waals surface area (Å²) in [6.45, 7) is 4.34. The third-order valence-corrected chi connectivity index (χ3v) is 2.32. The summed E-state index contributed by atoms with van der Waals surface area (Å²) in [4.78, 5) is 21.9. The van der Waals surface area contributed by atoms with Crippen molar-refractivity contribution in [3.8, 4) is 0 Å². The maximum Gasteiger partial charge on any atom is 0.216 e. The lowest BCUT2D eigenvalue weighted by molar-refractivity contribution is -0.119. The number of carbonyl (C=O) groups excluding carboxylic acids is 2. The number of amides is 1. The summed E-state index contributed by atoms with van der Waals surface area (Å²) < 4.78 is 0. The lowest BCUT2D eigenvalue weighted by Gasteiger charge is -2.02. The number of hydrogen-bond acceptors (Lipinski definition) is 2. The molecule has 0 aromatic rings. The summed E-state index contributed by atoms with van der Waals surface area (Å²) in [6.07, 6.45) is 6.54. The minimum atomic E-state index is 0.00396. The Morgan fingerprint density at radius 1 is 1.00 bits per heavy atom. The standard InChI is InChI=1S/C12H23NO2/c1-3-4-5-8-12(15)9-6-7-10-13-11(2)14/h3-10H2,1-2H3,(H,13,14). The minimum absolute atomic E-state index is 0.00396. The van der Waals surface area contributed by atoms with Gasteiger partial charge in [-0.3, -0.25) is 9.59 Å². The predicted molar refractivity (Wildman–Crippen MR) is 61.7 cm³/mol. The molecule has 0 spiro atoms.